The van der Waals surface area contributed by atoms with Gasteiger partial charge in [0.25, 0.3) is 0 Å². The molecule has 1 N–H and O–H groups in total. The lowest BCUT2D eigenvalue weighted by Gasteiger charge is -2.11. The van der Waals surface area contributed by atoms with Crippen LogP contribution < -0.4 is 10.1 Å². The molecule has 2 aromatic heterocycles. The summed E-state index contributed by atoms with van der Waals surface area (Å²) in [7, 11) is 3.00. The topological polar surface area (TPSA) is 78.3 Å². The summed E-state index contributed by atoms with van der Waals surface area (Å²) in [6, 6.07) is 14.9. The summed E-state index contributed by atoms with van der Waals surface area (Å²) in [6.07, 6.45) is 3.70. The predicted molar refractivity (Wildman–Crippen MR) is 111 cm³/mol. The molecule has 7 heteroatoms. The van der Waals surface area contributed by atoms with Crippen LogP contribution in [0.4, 0.5) is 11.6 Å². The van der Waals surface area contributed by atoms with Crippen molar-refractivity contribution in [3.8, 4) is 11.4 Å². The number of carbonyl (C=O) groups excluding carboxylic acids is 1. The minimum Gasteiger partial charge on any atom is -0.497 e. The van der Waals surface area contributed by atoms with Gasteiger partial charge < -0.3 is 19.4 Å². The third kappa shape index (κ3) is 3.62. The van der Waals surface area contributed by atoms with Crippen molar-refractivity contribution in [1.29, 1.82) is 0 Å². The molecule has 0 aliphatic carbocycles. The number of aryl methyl sites for hydroxylation is 1. The van der Waals surface area contributed by atoms with E-state index in [0.717, 1.165) is 33.7 Å². The van der Waals surface area contributed by atoms with Crippen LogP contribution in [0.2, 0.25) is 0 Å². The second-order valence-corrected chi connectivity index (χ2v) is 6.50. The minimum atomic E-state index is -0.364. The van der Waals surface area contributed by atoms with Gasteiger partial charge in [-0.3, -0.25) is 0 Å². The van der Waals surface area contributed by atoms with Crippen molar-refractivity contribution >= 4 is 28.6 Å². The van der Waals surface area contributed by atoms with Crippen molar-refractivity contribution < 1.29 is 14.3 Å². The molecule has 7 nitrogen and oxygen atoms in total. The largest absolute Gasteiger partial charge is 0.497 e. The zero-order valence-electron chi connectivity index (χ0n) is 16.3. The van der Waals surface area contributed by atoms with Gasteiger partial charge in [0, 0.05) is 35.2 Å². The molecule has 2 heterocycles. The fraction of sp³-hybridized carbons (Fsp3) is 0.136. The van der Waals surface area contributed by atoms with Crippen molar-refractivity contribution in [2.45, 2.75) is 6.92 Å². The van der Waals surface area contributed by atoms with Gasteiger partial charge in [0.2, 0.25) is 5.95 Å². The highest BCUT2D eigenvalue weighted by Gasteiger charge is 2.10. The molecular weight excluding hydrogens is 368 g/mol. The van der Waals surface area contributed by atoms with E-state index in [1.54, 1.807) is 25.4 Å². The van der Waals surface area contributed by atoms with E-state index in [0.29, 0.717) is 11.5 Å². The van der Waals surface area contributed by atoms with E-state index in [-0.39, 0.29) is 5.97 Å². The molecule has 0 aliphatic heterocycles. The summed E-state index contributed by atoms with van der Waals surface area (Å²) < 4.78 is 12.0. The second-order valence-electron chi connectivity index (χ2n) is 6.50. The number of nitrogens with zero attached hydrogens (tertiary/aromatic N) is 3. The molecule has 0 spiro atoms. The van der Waals surface area contributed by atoms with E-state index < -0.39 is 0 Å². The highest BCUT2D eigenvalue weighted by molar-refractivity contribution is 5.89. The van der Waals surface area contributed by atoms with Crippen molar-refractivity contribution in [3.05, 3.63) is 72.1 Å². The van der Waals surface area contributed by atoms with Crippen LogP contribution in [0.25, 0.3) is 16.7 Å². The Morgan fingerprint density at radius 3 is 2.59 bits per heavy atom. The monoisotopic (exact) mass is 388 g/mol. The second kappa shape index (κ2) is 7.63. The molecule has 0 saturated heterocycles. The fourth-order valence-corrected chi connectivity index (χ4v) is 3.05. The van der Waals surface area contributed by atoms with Crippen molar-refractivity contribution in [3.63, 3.8) is 0 Å². The molecule has 0 amide bonds. The van der Waals surface area contributed by atoms with Gasteiger partial charge in [0.1, 0.15) is 11.4 Å². The molecule has 0 atom stereocenters. The summed E-state index contributed by atoms with van der Waals surface area (Å²) in [5, 5.41) is 4.17. The van der Waals surface area contributed by atoms with E-state index in [9.17, 15) is 4.79 Å². The van der Waals surface area contributed by atoms with Gasteiger partial charge in [0.05, 0.1) is 19.8 Å². The van der Waals surface area contributed by atoms with Crippen molar-refractivity contribution in [1.82, 2.24) is 14.5 Å². The molecule has 2 aromatic carbocycles. The first kappa shape index (κ1) is 18.5. The Labute approximate surface area is 167 Å². The fourth-order valence-electron chi connectivity index (χ4n) is 3.05. The predicted octanol–water partition coefficient (Wildman–Crippen LogP) is 4.27. The van der Waals surface area contributed by atoms with E-state index in [4.69, 9.17) is 9.47 Å². The van der Waals surface area contributed by atoms with Crippen LogP contribution in [0.3, 0.4) is 0 Å². The van der Waals surface area contributed by atoms with Gasteiger partial charge in [0.15, 0.2) is 0 Å². The number of carbonyl (C=O) groups is 1. The number of nitrogens with one attached hydrogen (secondary N) is 1. The minimum absolute atomic E-state index is 0.364. The Morgan fingerprint density at radius 1 is 1.07 bits per heavy atom. The Kier molecular flexibility index (Phi) is 4.87. The van der Waals surface area contributed by atoms with Gasteiger partial charge >= 0.3 is 5.97 Å². The lowest BCUT2D eigenvalue weighted by molar-refractivity contribution is 0.0600. The first-order valence-electron chi connectivity index (χ1n) is 9.03. The molecule has 146 valence electrons. The van der Waals surface area contributed by atoms with E-state index in [1.807, 2.05) is 54.1 Å². The van der Waals surface area contributed by atoms with E-state index >= 15 is 0 Å². The van der Waals surface area contributed by atoms with E-state index in [2.05, 4.69) is 15.3 Å². The molecule has 0 fully saturated rings. The molecule has 29 heavy (non-hydrogen) atoms. The van der Waals surface area contributed by atoms with Crippen molar-refractivity contribution in [2.24, 2.45) is 0 Å². The van der Waals surface area contributed by atoms with Crippen LogP contribution in [0, 0.1) is 6.92 Å². The first-order chi connectivity index (χ1) is 14.1. The molecule has 0 bridgehead atoms. The molecule has 4 rings (SSSR count). The third-order valence-corrected chi connectivity index (χ3v) is 4.69. The van der Waals surface area contributed by atoms with Crippen LogP contribution in [-0.4, -0.2) is 34.7 Å². The number of hydrogen-bond donors (Lipinski definition) is 1. The molecule has 0 unspecified atom stereocenters. The van der Waals surface area contributed by atoms with Gasteiger partial charge in [-0.05, 0) is 48.9 Å². The lowest BCUT2D eigenvalue weighted by Crippen LogP contribution is -2.03. The smallest absolute Gasteiger partial charge is 0.337 e. The van der Waals surface area contributed by atoms with E-state index in [1.165, 1.54) is 7.11 Å². The number of anilines is 2. The van der Waals surface area contributed by atoms with Gasteiger partial charge in [-0.2, -0.15) is 4.98 Å². The summed E-state index contributed by atoms with van der Waals surface area (Å²) in [5.74, 6) is 0.879. The van der Waals surface area contributed by atoms with Crippen LogP contribution in [-0.2, 0) is 4.74 Å². The molecule has 0 aliphatic rings. The number of hydrogen-bond acceptors (Lipinski definition) is 6. The summed E-state index contributed by atoms with van der Waals surface area (Å²) in [4.78, 5) is 20.8. The number of rotatable bonds is 5. The first-order valence-corrected chi connectivity index (χ1v) is 9.03. The van der Waals surface area contributed by atoms with Crippen LogP contribution in [0.15, 0.2) is 60.9 Å². The third-order valence-electron chi connectivity index (χ3n) is 4.69. The molecular formula is C22H20N4O3. The number of methoxy groups -OCH3 is 2. The van der Waals surface area contributed by atoms with Crippen molar-refractivity contribution in [2.75, 3.05) is 19.5 Å². The summed E-state index contributed by atoms with van der Waals surface area (Å²) >= 11 is 0. The lowest BCUT2D eigenvalue weighted by atomic mass is 10.2. The number of fused-ring (bicyclic) bond motifs is 1. The molecule has 4 aromatic rings. The highest BCUT2D eigenvalue weighted by Crippen LogP contribution is 2.25. The zero-order chi connectivity index (χ0) is 20.4. The SMILES string of the molecule is COC(=O)c1ccc(-n2ccc3cnc(Nc4cc(OC)ccc4C)nc32)cc1. The normalized spacial score (nSPS) is 10.7. The van der Waals surface area contributed by atoms with Crippen LogP contribution in [0.5, 0.6) is 5.75 Å². The standard InChI is InChI=1S/C22H20N4O3/c1-14-4-9-18(28-2)12-19(14)24-22-23-13-16-10-11-26(20(16)25-22)17-7-5-15(6-8-17)21(27)29-3/h4-13H,1-3H3,(H,23,24,25). The summed E-state index contributed by atoms with van der Waals surface area (Å²) in [6.45, 7) is 2.01. The number of benzene rings is 2. The maximum Gasteiger partial charge on any atom is 0.337 e. The zero-order valence-corrected chi connectivity index (χ0v) is 16.3. The Bertz CT molecular complexity index is 1180. The average molecular weight is 388 g/mol. The molecule has 0 radical (unpaired) electrons. The van der Waals surface area contributed by atoms with Gasteiger partial charge in [-0.25, -0.2) is 9.78 Å². The Balaban J connectivity index is 1.69. The molecule has 0 saturated carbocycles. The maximum absolute atomic E-state index is 11.6. The van der Waals surface area contributed by atoms with Crippen LogP contribution in [0.1, 0.15) is 15.9 Å². The average Bonchev–Trinajstić information content (AvgIpc) is 3.18. The summed E-state index contributed by atoms with van der Waals surface area (Å²) in [5.41, 5.74) is 4.08. The number of aromatic nitrogens is 3. The quantitative estimate of drug-likeness (QED) is 0.515. The van der Waals surface area contributed by atoms with Gasteiger partial charge in [-0.15, -0.1) is 0 Å². The maximum atomic E-state index is 11.6. The van der Waals surface area contributed by atoms with Crippen LogP contribution >= 0.6 is 0 Å². The number of ether oxygens (including phenoxy) is 2. The Morgan fingerprint density at radius 2 is 1.86 bits per heavy atom. The number of esters is 1. The Hall–Kier alpha value is -3.87. The van der Waals surface area contributed by atoms with Gasteiger partial charge in [-0.1, -0.05) is 6.07 Å². The highest BCUT2D eigenvalue weighted by atomic mass is 16.5.